The van der Waals surface area contributed by atoms with Crippen LogP contribution in [0.2, 0.25) is 0 Å². The summed E-state index contributed by atoms with van der Waals surface area (Å²) in [5.41, 5.74) is 1.18. The Morgan fingerprint density at radius 1 is 1.19 bits per heavy atom. The van der Waals surface area contributed by atoms with Crippen molar-refractivity contribution >= 4 is 23.1 Å². The number of hydrogen-bond acceptors (Lipinski definition) is 3. The summed E-state index contributed by atoms with van der Waals surface area (Å²) >= 11 is 0. The lowest BCUT2D eigenvalue weighted by atomic mass is 10.2. The highest BCUT2D eigenvalue weighted by atomic mass is 19.1. The van der Waals surface area contributed by atoms with Crippen LogP contribution in [0.4, 0.5) is 26.2 Å². The molecule has 0 heterocycles. The van der Waals surface area contributed by atoms with Crippen molar-refractivity contribution in [2.24, 2.45) is 0 Å². The molecule has 0 aliphatic rings. The van der Waals surface area contributed by atoms with Gasteiger partial charge in [-0.25, -0.2) is 9.18 Å². The van der Waals surface area contributed by atoms with E-state index in [1.54, 1.807) is 6.92 Å². The fourth-order valence-corrected chi connectivity index (χ4v) is 1.71. The third-order valence-electron chi connectivity index (χ3n) is 2.76. The van der Waals surface area contributed by atoms with E-state index in [1.807, 2.05) is 0 Å². The number of non-ortho nitro benzene ring substituents is 1. The summed E-state index contributed by atoms with van der Waals surface area (Å²) in [7, 11) is 0. The van der Waals surface area contributed by atoms with Gasteiger partial charge in [-0.05, 0) is 30.7 Å². The Morgan fingerprint density at radius 3 is 2.67 bits per heavy atom. The second-order valence-corrected chi connectivity index (χ2v) is 4.35. The predicted molar refractivity (Wildman–Crippen MR) is 76.9 cm³/mol. The number of halogens is 1. The maximum Gasteiger partial charge on any atom is 0.323 e. The molecule has 2 amide bonds. The Labute approximate surface area is 119 Å². The Balaban J connectivity index is 2.10. The summed E-state index contributed by atoms with van der Waals surface area (Å²) in [5.74, 6) is -0.466. The minimum Gasteiger partial charge on any atom is -0.307 e. The SMILES string of the molecule is Cc1ccc(F)cc1NC(=O)Nc1cccc([N+](=O)[O-])c1. The molecule has 0 bridgehead atoms. The first-order valence-electron chi connectivity index (χ1n) is 6.04. The molecule has 2 aromatic carbocycles. The predicted octanol–water partition coefficient (Wildman–Crippen LogP) is 3.69. The normalized spacial score (nSPS) is 10.0. The lowest BCUT2D eigenvalue weighted by Gasteiger charge is -2.09. The minimum atomic E-state index is -0.607. The minimum absolute atomic E-state index is 0.130. The van der Waals surface area contributed by atoms with Crippen LogP contribution in [-0.4, -0.2) is 11.0 Å². The van der Waals surface area contributed by atoms with Crippen molar-refractivity contribution in [2.45, 2.75) is 6.92 Å². The number of aryl methyl sites for hydroxylation is 1. The fourth-order valence-electron chi connectivity index (χ4n) is 1.71. The maximum atomic E-state index is 13.1. The van der Waals surface area contributed by atoms with Gasteiger partial charge in [-0.1, -0.05) is 12.1 Å². The van der Waals surface area contributed by atoms with E-state index in [2.05, 4.69) is 10.6 Å². The average molecular weight is 289 g/mol. The van der Waals surface area contributed by atoms with Crippen LogP contribution < -0.4 is 10.6 Å². The molecule has 0 unspecified atom stereocenters. The Morgan fingerprint density at radius 2 is 1.95 bits per heavy atom. The Bertz CT molecular complexity index is 704. The van der Waals surface area contributed by atoms with Crippen molar-refractivity contribution in [1.29, 1.82) is 0 Å². The zero-order chi connectivity index (χ0) is 15.4. The van der Waals surface area contributed by atoms with Crippen molar-refractivity contribution in [3.05, 3.63) is 64.0 Å². The number of carbonyl (C=O) groups is 1. The van der Waals surface area contributed by atoms with Crippen LogP contribution >= 0.6 is 0 Å². The fraction of sp³-hybridized carbons (Fsp3) is 0.0714. The van der Waals surface area contributed by atoms with Crippen molar-refractivity contribution in [1.82, 2.24) is 0 Å². The van der Waals surface area contributed by atoms with Crippen molar-refractivity contribution in [2.75, 3.05) is 10.6 Å². The molecule has 0 aliphatic heterocycles. The van der Waals surface area contributed by atoms with Gasteiger partial charge in [0.05, 0.1) is 4.92 Å². The summed E-state index contributed by atoms with van der Waals surface area (Å²) in [4.78, 5) is 21.9. The van der Waals surface area contributed by atoms with Crippen LogP contribution in [-0.2, 0) is 0 Å². The zero-order valence-electron chi connectivity index (χ0n) is 11.1. The van der Waals surface area contributed by atoms with E-state index >= 15 is 0 Å². The van der Waals surface area contributed by atoms with E-state index in [-0.39, 0.29) is 11.4 Å². The van der Waals surface area contributed by atoms with Crippen LogP contribution in [0.25, 0.3) is 0 Å². The first-order chi connectivity index (χ1) is 9.95. The van der Waals surface area contributed by atoms with Gasteiger partial charge in [0.1, 0.15) is 5.82 Å². The van der Waals surface area contributed by atoms with Gasteiger partial charge in [-0.3, -0.25) is 10.1 Å². The molecular weight excluding hydrogens is 277 g/mol. The van der Waals surface area contributed by atoms with E-state index in [4.69, 9.17) is 0 Å². The molecule has 0 saturated carbocycles. The first-order valence-corrected chi connectivity index (χ1v) is 6.04. The second kappa shape index (κ2) is 6.00. The molecule has 2 rings (SSSR count). The van der Waals surface area contributed by atoms with Gasteiger partial charge >= 0.3 is 6.03 Å². The molecule has 0 aliphatic carbocycles. The third kappa shape index (κ3) is 3.75. The van der Waals surface area contributed by atoms with Gasteiger partial charge in [-0.2, -0.15) is 0 Å². The summed E-state index contributed by atoms with van der Waals surface area (Å²) in [6.45, 7) is 1.72. The number of amides is 2. The summed E-state index contributed by atoms with van der Waals surface area (Å²) in [6.07, 6.45) is 0. The van der Waals surface area contributed by atoms with Gasteiger partial charge in [0.2, 0.25) is 0 Å². The maximum absolute atomic E-state index is 13.1. The number of nitro benzene ring substituents is 1. The smallest absolute Gasteiger partial charge is 0.307 e. The number of nitrogens with zero attached hydrogens (tertiary/aromatic N) is 1. The highest BCUT2D eigenvalue weighted by Crippen LogP contribution is 2.19. The zero-order valence-corrected chi connectivity index (χ0v) is 11.1. The van der Waals surface area contributed by atoms with Crippen LogP contribution in [0.15, 0.2) is 42.5 Å². The molecular formula is C14H12FN3O3. The monoisotopic (exact) mass is 289 g/mol. The number of carbonyl (C=O) groups excluding carboxylic acids is 1. The molecule has 0 aromatic heterocycles. The van der Waals surface area contributed by atoms with Crippen molar-refractivity contribution in [3.63, 3.8) is 0 Å². The number of benzene rings is 2. The van der Waals surface area contributed by atoms with Crippen molar-refractivity contribution in [3.8, 4) is 0 Å². The molecule has 2 aromatic rings. The van der Waals surface area contributed by atoms with Crippen LogP contribution in [0.5, 0.6) is 0 Å². The van der Waals surface area contributed by atoms with Crippen LogP contribution in [0.1, 0.15) is 5.56 Å². The third-order valence-corrected chi connectivity index (χ3v) is 2.76. The first kappa shape index (κ1) is 14.4. The van der Waals surface area contributed by atoms with Gasteiger partial charge < -0.3 is 10.6 Å². The molecule has 2 N–H and O–H groups in total. The molecule has 21 heavy (non-hydrogen) atoms. The van der Waals surface area contributed by atoms with Gasteiger partial charge in [0.25, 0.3) is 5.69 Å². The second-order valence-electron chi connectivity index (χ2n) is 4.35. The van der Waals surface area contributed by atoms with Gasteiger partial charge in [0.15, 0.2) is 0 Å². The molecule has 0 fully saturated rings. The average Bonchev–Trinajstić information content (AvgIpc) is 2.43. The lowest BCUT2D eigenvalue weighted by Crippen LogP contribution is -2.20. The van der Waals surface area contributed by atoms with E-state index in [0.29, 0.717) is 11.3 Å². The summed E-state index contributed by atoms with van der Waals surface area (Å²) in [6, 6.07) is 8.95. The molecule has 108 valence electrons. The molecule has 0 atom stereocenters. The Hall–Kier alpha value is -2.96. The van der Waals surface area contributed by atoms with Crippen LogP contribution in [0.3, 0.4) is 0 Å². The largest absolute Gasteiger partial charge is 0.323 e. The highest BCUT2D eigenvalue weighted by molar-refractivity contribution is 6.00. The number of urea groups is 1. The number of rotatable bonds is 3. The number of nitrogens with one attached hydrogen (secondary N) is 2. The van der Waals surface area contributed by atoms with E-state index in [9.17, 15) is 19.3 Å². The molecule has 0 spiro atoms. The van der Waals surface area contributed by atoms with Gasteiger partial charge in [0, 0.05) is 23.5 Å². The standard InChI is InChI=1S/C14H12FN3O3/c1-9-5-6-10(15)7-13(9)17-14(19)16-11-3-2-4-12(8-11)18(20)21/h2-8H,1H3,(H2,16,17,19). The van der Waals surface area contributed by atoms with Gasteiger partial charge in [-0.15, -0.1) is 0 Å². The number of hydrogen-bond donors (Lipinski definition) is 2. The molecule has 6 nitrogen and oxygen atoms in total. The molecule has 7 heteroatoms. The number of anilines is 2. The molecule has 0 saturated heterocycles. The topological polar surface area (TPSA) is 84.3 Å². The highest BCUT2D eigenvalue weighted by Gasteiger charge is 2.09. The quantitative estimate of drug-likeness (QED) is 0.667. The Kier molecular flexibility index (Phi) is 4.13. The van der Waals surface area contributed by atoms with Crippen molar-refractivity contribution < 1.29 is 14.1 Å². The van der Waals surface area contributed by atoms with E-state index < -0.39 is 16.8 Å². The number of nitro groups is 1. The van der Waals surface area contributed by atoms with E-state index in [1.165, 1.54) is 42.5 Å². The lowest BCUT2D eigenvalue weighted by molar-refractivity contribution is -0.384. The summed E-state index contributed by atoms with van der Waals surface area (Å²) < 4.78 is 13.1. The van der Waals surface area contributed by atoms with Crippen LogP contribution in [0, 0.1) is 22.9 Å². The van der Waals surface area contributed by atoms with E-state index in [0.717, 1.165) is 0 Å². The molecule has 0 radical (unpaired) electrons. The summed E-state index contributed by atoms with van der Waals surface area (Å²) in [5, 5.41) is 15.6.